The minimum atomic E-state index is -3.75. The van der Waals surface area contributed by atoms with Crippen LogP contribution in [0.1, 0.15) is 110 Å². The molecule has 0 saturated carbocycles. The van der Waals surface area contributed by atoms with Gasteiger partial charge in [-0.15, -0.1) is 0 Å². The Hall–Kier alpha value is -8.59. The van der Waals surface area contributed by atoms with E-state index in [4.69, 9.17) is 75.8 Å². The van der Waals surface area contributed by atoms with E-state index < -0.39 is 352 Å². The van der Waals surface area contributed by atoms with Gasteiger partial charge in [0.15, 0.2) is 52.4 Å². The topological polar surface area (TPSA) is 696 Å². The quantitative estimate of drug-likeness (QED) is 0.0637. The number of aliphatic carboxylic acids is 1. The summed E-state index contributed by atoms with van der Waals surface area (Å²) in [5.74, 6) is -28.9. The molecule has 4 rings (SSSR count). The van der Waals surface area contributed by atoms with Gasteiger partial charge in [0.05, 0.1) is 116 Å². The summed E-state index contributed by atoms with van der Waals surface area (Å²) in [6, 6.07) is 0. The third-order valence-corrected chi connectivity index (χ3v) is 17.5. The number of hydrogen-bond donors (Lipinski definition) is 14. The van der Waals surface area contributed by atoms with Crippen molar-refractivity contribution in [2.24, 2.45) is 5.92 Å². The van der Waals surface area contributed by atoms with E-state index in [1.54, 1.807) is 0 Å². The molecule has 0 aromatic rings. The first-order valence-corrected chi connectivity index (χ1v) is 34.7. The van der Waals surface area contributed by atoms with Crippen molar-refractivity contribution in [1.82, 2.24) is 0 Å². The Morgan fingerprint density at radius 3 is 1.44 bits per heavy atom. The molecule has 112 heavy (non-hydrogen) atoms. The van der Waals surface area contributed by atoms with Crippen LogP contribution in [0.15, 0.2) is 0 Å². The summed E-state index contributed by atoms with van der Waals surface area (Å²) < 4.78 is 87.6. The van der Waals surface area contributed by atoms with E-state index in [0.29, 0.717) is 7.11 Å². The zero-order chi connectivity index (χ0) is 84.2. The molecule has 4 fully saturated rings. The molecule has 0 amide bonds. The third kappa shape index (κ3) is 29.1. The number of carboxylic acids is 1. The van der Waals surface area contributed by atoms with E-state index in [2.05, 4.69) is 4.74 Å². The van der Waals surface area contributed by atoms with Gasteiger partial charge in [0.1, 0.15) is 75.8 Å². The Bertz CT molecular complexity index is 3250. The predicted molar refractivity (Wildman–Crippen MR) is 347 cm³/mol. The first-order valence-electron chi connectivity index (χ1n) is 34.7. The number of carbonyl (C=O) groups excluding carboxylic acids is 14. The van der Waals surface area contributed by atoms with Crippen molar-refractivity contribution in [2.75, 3.05) is 94.0 Å². The van der Waals surface area contributed by atoms with Crippen molar-refractivity contribution in [1.29, 1.82) is 0 Å². The molecule has 4 heterocycles. The monoisotopic (exact) mass is 1620 g/mol. The molecular formula is C66H96O46. The van der Waals surface area contributed by atoms with Crippen molar-refractivity contribution in [2.45, 2.75) is 224 Å². The number of ether oxygens (including phenoxy) is 17. The van der Waals surface area contributed by atoms with Crippen LogP contribution in [0.3, 0.4) is 0 Å². The lowest BCUT2D eigenvalue weighted by Crippen LogP contribution is -2.56. The Morgan fingerprint density at radius 2 is 0.893 bits per heavy atom. The fourth-order valence-corrected chi connectivity index (χ4v) is 11.3. The number of esters is 14. The molecule has 20 atom stereocenters. The molecule has 4 saturated heterocycles. The highest BCUT2D eigenvalue weighted by Crippen LogP contribution is 2.32. The normalized spacial score (nSPS) is 34.6. The van der Waals surface area contributed by atoms with Crippen LogP contribution in [0.25, 0.3) is 0 Å². The van der Waals surface area contributed by atoms with Crippen LogP contribution < -0.4 is 0 Å². The minimum Gasteiger partial charge on any atom is -0.481 e. The number of methoxy groups -OCH3 is 3. The molecule has 0 aromatic heterocycles. The highest BCUT2D eigenvalue weighted by Gasteiger charge is 2.54. The maximum Gasteiger partial charge on any atom is 0.339 e. The lowest BCUT2D eigenvalue weighted by atomic mass is 9.94. The minimum absolute atomic E-state index is 0.136. The van der Waals surface area contributed by atoms with E-state index >= 15 is 0 Å². The van der Waals surface area contributed by atoms with Crippen LogP contribution in [0.4, 0.5) is 0 Å². The van der Waals surface area contributed by atoms with Gasteiger partial charge in [0.25, 0.3) is 0 Å². The van der Waals surface area contributed by atoms with Crippen molar-refractivity contribution in [3.63, 3.8) is 0 Å². The number of hydrogen-bond acceptors (Lipinski definition) is 45. The van der Waals surface area contributed by atoms with Crippen LogP contribution in [0.2, 0.25) is 0 Å². The van der Waals surface area contributed by atoms with Crippen molar-refractivity contribution in [3.05, 3.63) is 0 Å². The summed E-state index contributed by atoms with van der Waals surface area (Å²) in [4.78, 5) is 207. The number of cyclic esters (lactones) is 9. The van der Waals surface area contributed by atoms with Crippen molar-refractivity contribution >= 4 is 89.5 Å². The molecule has 14 N–H and O–H groups in total. The van der Waals surface area contributed by atoms with Crippen LogP contribution in [-0.2, 0) is 152 Å². The van der Waals surface area contributed by atoms with Gasteiger partial charge in [-0.3, -0.25) is 47.9 Å². The fraction of sp³-hybridized carbons (Fsp3) is 0.773. The van der Waals surface area contributed by atoms with Gasteiger partial charge in [0.2, 0.25) is 0 Å². The number of carboxylic acid groups (broad SMARTS) is 1. The first-order chi connectivity index (χ1) is 52.4. The predicted octanol–water partition coefficient (Wildman–Crippen LogP) is -9.07. The smallest absolute Gasteiger partial charge is 0.339 e. The fourth-order valence-electron chi connectivity index (χ4n) is 11.3. The first kappa shape index (κ1) is 95.8. The summed E-state index contributed by atoms with van der Waals surface area (Å²) in [5.41, 5.74) is -17.8. The molecule has 46 heteroatoms. The molecule has 0 radical (unpaired) electrons. The highest BCUT2D eigenvalue weighted by molar-refractivity contribution is 5.94. The van der Waals surface area contributed by atoms with Crippen LogP contribution >= 0.6 is 0 Å². The molecular weight excluding hydrogens is 1530 g/mol. The average molecular weight is 1630 g/mol. The van der Waals surface area contributed by atoms with Crippen molar-refractivity contribution in [3.8, 4) is 0 Å². The second-order valence-electron chi connectivity index (χ2n) is 26.8. The number of aliphatic hydroxyl groups excluding tert-OH is 8. The molecule has 46 nitrogen and oxygen atoms in total. The van der Waals surface area contributed by atoms with Gasteiger partial charge >= 0.3 is 89.5 Å². The lowest BCUT2D eigenvalue weighted by Gasteiger charge is -2.36. The second kappa shape index (κ2) is 44.2. The highest BCUT2D eigenvalue weighted by atomic mass is 16.7. The van der Waals surface area contributed by atoms with Gasteiger partial charge in [-0.1, -0.05) is 6.92 Å². The molecule has 0 aromatic carbocycles. The molecule has 4 aliphatic heterocycles. The van der Waals surface area contributed by atoms with E-state index in [1.165, 1.54) is 13.8 Å². The summed E-state index contributed by atoms with van der Waals surface area (Å²) in [5, 5.41) is 160. The Balaban J connectivity index is 2.03. The largest absolute Gasteiger partial charge is 0.481 e. The molecule has 636 valence electrons. The van der Waals surface area contributed by atoms with Crippen LogP contribution in [0.5, 0.6) is 0 Å². The number of fused-ring (bicyclic) bond motifs is 12. The molecule has 6 bridgehead atoms. The Labute approximate surface area is 635 Å². The Morgan fingerprint density at radius 1 is 0.446 bits per heavy atom. The van der Waals surface area contributed by atoms with Gasteiger partial charge in [-0.25, -0.2) is 24.0 Å². The zero-order valence-electron chi connectivity index (χ0n) is 61.4. The van der Waals surface area contributed by atoms with Gasteiger partial charge in [-0.2, -0.15) is 0 Å². The average Bonchev–Trinajstić information content (AvgIpc) is 0.805. The summed E-state index contributed by atoms with van der Waals surface area (Å²) in [6.45, 7) is -8.62. The number of rotatable bonds is 12. The summed E-state index contributed by atoms with van der Waals surface area (Å²) in [7, 11) is 2.71. The van der Waals surface area contributed by atoms with Crippen LogP contribution in [0, 0.1) is 5.92 Å². The van der Waals surface area contributed by atoms with Crippen LogP contribution in [-0.4, -0.2) is 368 Å². The molecule has 0 aliphatic carbocycles. The van der Waals surface area contributed by atoms with E-state index in [0.717, 1.165) is 14.2 Å². The maximum atomic E-state index is 14.9. The SMILES string of the molecule is CCO[C@H]1[C@@H]2OC(=O)C(O)(CC(=O)OCC[C@H]3OC(=O)C(O)(CC(=O)OCC[C@@H](O)[C@@H]([C@@H](O)COC)OC(=O)CC4(O)CC(=O)OC[C@@H](O)[C@@H](C)CCCOC(=O)CC(O)(CC(=O)O)C(=O)O[C@@H]([C@H](O)CCOC)[C@@H](O)COC(=O)CC(O)(C(=O)OC)CC(=O)O[C@@H]3[C@@H](O)COC4=O)CC(=O)OC[C@@H]2O)CC(=O)OC[C@H]1O. The van der Waals surface area contributed by atoms with E-state index in [9.17, 15) is 143 Å². The second-order valence-corrected chi connectivity index (χ2v) is 26.8. The third-order valence-electron chi connectivity index (χ3n) is 17.5. The van der Waals surface area contributed by atoms with Gasteiger partial charge in [0, 0.05) is 46.7 Å². The Kier molecular flexibility index (Phi) is 37.8. The summed E-state index contributed by atoms with van der Waals surface area (Å²) in [6.07, 6.45) is -52.6. The maximum absolute atomic E-state index is 14.9. The molecule has 0 spiro atoms. The lowest BCUT2D eigenvalue weighted by molar-refractivity contribution is -0.213. The summed E-state index contributed by atoms with van der Waals surface area (Å²) >= 11 is 0. The molecule has 5 unspecified atom stereocenters. The van der Waals surface area contributed by atoms with Crippen molar-refractivity contribution < 1.29 is 224 Å². The number of carbonyl (C=O) groups is 15. The van der Waals surface area contributed by atoms with E-state index in [1.807, 2.05) is 0 Å². The number of aliphatic hydroxyl groups is 13. The van der Waals surface area contributed by atoms with E-state index in [-0.39, 0.29) is 26.1 Å². The van der Waals surface area contributed by atoms with Gasteiger partial charge in [-0.05, 0) is 25.7 Å². The van der Waals surface area contributed by atoms with Gasteiger partial charge < -0.3 is 152 Å². The molecule has 4 aliphatic rings. The zero-order valence-corrected chi connectivity index (χ0v) is 61.4. The standard InChI is InChI=1S/C66H96O46/c1-6-99-55-39(73)29-105-49(83)23-66(95)19-45(79)102-15-11-41-54-38(72)31-107-58(87)64(93,25-50(84)109-52(36(70)26-97-4)34(68)10-14-101-44(78)18-65(94,59(88)108-41)22-48(82)106-30-40(74)56(55)112-61(66)90)21-47(81)103-27-35(69)32(2)8-7-12-100-43(77)17-62(91,16-42(75)76)60(89)111-53(33(67)9-13-96-3)37(71)28-104-46(80)20-63(92,57(86)98-5)24-51(85)110-54/h32-41,52-56,67-74,91-95H,6-31H2,1-5H3,(H,75,76)/t32-,33+,34+,35+,36-,37-,38-,39+,40-,41+,52-,53-,54+,55+,56+,62?,63?,64?,65?,66?/m0/s1.